The minimum Gasteiger partial charge on any atom is -0.486 e. The number of hydrogen-bond donors (Lipinski definition) is 1. The fourth-order valence-corrected chi connectivity index (χ4v) is 4.10. The summed E-state index contributed by atoms with van der Waals surface area (Å²) >= 11 is 1.11. The number of carbonyl (C=O) groups is 2. The van der Waals surface area contributed by atoms with E-state index in [0.29, 0.717) is 22.0 Å². The number of amides is 2. The molecule has 0 spiro atoms. The summed E-state index contributed by atoms with van der Waals surface area (Å²) in [7, 11) is 0. The van der Waals surface area contributed by atoms with Crippen LogP contribution in [-0.4, -0.2) is 40.0 Å². The topological polar surface area (TPSA) is 84.4 Å². The van der Waals surface area contributed by atoms with E-state index in [2.05, 4.69) is 15.5 Å². The number of nitrogens with zero attached hydrogens (tertiary/aromatic N) is 3. The molecule has 0 unspecified atom stereocenters. The van der Waals surface area contributed by atoms with Crippen LogP contribution in [0.25, 0.3) is 0 Å². The predicted molar refractivity (Wildman–Crippen MR) is 119 cm³/mol. The zero-order valence-electron chi connectivity index (χ0n) is 17.4. The maximum Gasteiger partial charge on any atom is 0.286 e. The highest BCUT2D eigenvalue weighted by Gasteiger charge is 2.19. The minimum atomic E-state index is -0.407. The zero-order valence-corrected chi connectivity index (χ0v) is 18.2. The molecule has 1 aliphatic heterocycles. The van der Waals surface area contributed by atoms with Gasteiger partial charge in [0.1, 0.15) is 18.2 Å². The molecule has 1 saturated heterocycles. The standard InChI is InChI=1S/C23H23FN4O3S/c24-17-8-10-19(11-9-17)31-15-20-26-27-22(32-20)21(29)25-18-7-5-6-16(14-18)23(30)28-12-3-1-2-4-13-28/h5-11,14H,1-4,12-13,15H2,(H,25,29). The second kappa shape index (κ2) is 10.3. The minimum absolute atomic E-state index is 0.0147. The largest absolute Gasteiger partial charge is 0.486 e. The van der Waals surface area contributed by atoms with Crippen LogP contribution in [0, 0.1) is 5.82 Å². The van der Waals surface area contributed by atoms with Crippen LogP contribution in [0.3, 0.4) is 0 Å². The maximum atomic E-state index is 13.0. The molecule has 9 heteroatoms. The Bertz CT molecular complexity index is 1080. The Morgan fingerprint density at radius 2 is 1.78 bits per heavy atom. The van der Waals surface area contributed by atoms with Gasteiger partial charge in [-0.2, -0.15) is 0 Å². The zero-order chi connectivity index (χ0) is 22.3. The van der Waals surface area contributed by atoms with E-state index < -0.39 is 5.91 Å². The van der Waals surface area contributed by atoms with Gasteiger partial charge in [-0.05, 0) is 55.3 Å². The number of aromatic nitrogens is 2. The molecule has 2 aromatic carbocycles. The second-order valence-electron chi connectivity index (χ2n) is 7.48. The van der Waals surface area contributed by atoms with Crippen LogP contribution in [0.1, 0.15) is 50.9 Å². The van der Waals surface area contributed by atoms with Crippen LogP contribution >= 0.6 is 11.3 Å². The molecule has 0 aliphatic carbocycles. The van der Waals surface area contributed by atoms with E-state index in [9.17, 15) is 14.0 Å². The number of likely N-dealkylation sites (tertiary alicyclic amines) is 1. The van der Waals surface area contributed by atoms with E-state index in [1.807, 2.05) is 4.90 Å². The van der Waals surface area contributed by atoms with Gasteiger partial charge < -0.3 is 15.0 Å². The quantitative estimate of drug-likeness (QED) is 0.592. The lowest BCUT2D eigenvalue weighted by Gasteiger charge is -2.20. The molecule has 166 valence electrons. The van der Waals surface area contributed by atoms with Crippen LogP contribution in [-0.2, 0) is 6.61 Å². The summed E-state index contributed by atoms with van der Waals surface area (Å²) in [6.07, 6.45) is 4.34. The van der Waals surface area contributed by atoms with E-state index in [4.69, 9.17) is 4.74 Å². The molecule has 1 N–H and O–H groups in total. The predicted octanol–water partition coefficient (Wildman–Crippen LogP) is 4.52. The van der Waals surface area contributed by atoms with Crippen molar-refractivity contribution >= 4 is 28.8 Å². The Kier molecular flexibility index (Phi) is 7.06. The van der Waals surface area contributed by atoms with Crippen LogP contribution in [0.5, 0.6) is 5.75 Å². The number of hydrogen-bond acceptors (Lipinski definition) is 6. The fourth-order valence-electron chi connectivity index (χ4n) is 3.45. The monoisotopic (exact) mass is 454 g/mol. The van der Waals surface area contributed by atoms with Crippen molar-refractivity contribution in [1.82, 2.24) is 15.1 Å². The van der Waals surface area contributed by atoms with Crippen LogP contribution in [0.2, 0.25) is 0 Å². The molecular weight excluding hydrogens is 431 g/mol. The van der Waals surface area contributed by atoms with Crippen molar-refractivity contribution in [2.24, 2.45) is 0 Å². The number of nitrogens with one attached hydrogen (secondary N) is 1. The van der Waals surface area contributed by atoms with Gasteiger partial charge in [-0.1, -0.05) is 30.2 Å². The molecule has 3 aromatic rings. The van der Waals surface area contributed by atoms with Gasteiger partial charge in [0.15, 0.2) is 5.01 Å². The Morgan fingerprint density at radius 1 is 1.03 bits per heavy atom. The number of ether oxygens (including phenoxy) is 1. The first kappa shape index (κ1) is 21.9. The van der Waals surface area contributed by atoms with Gasteiger partial charge in [0.05, 0.1) is 0 Å². The summed E-state index contributed by atoms with van der Waals surface area (Å²) in [4.78, 5) is 27.3. The van der Waals surface area contributed by atoms with Crippen LogP contribution in [0.4, 0.5) is 10.1 Å². The van der Waals surface area contributed by atoms with Gasteiger partial charge in [0, 0.05) is 24.3 Å². The molecular formula is C23H23FN4O3S. The first-order valence-corrected chi connectivity index (χ1v) is 11.3. The van der Waals surface area contributed by atoms with Gasteiger partial charge in [-0.25, -0.2) is 4.39 Å². The summed E-state index contributed by atoms with van der Waals surface area (Å²) in [6.45, 7) is 1.66. The van der Waals surface area contributed by atoms with E-state index in [0.717, 1.165) is 50.1 Å². The molecule has 2 amide bonds. The maximum absolute atomic E-state index is 13.0. The van der Waals surface area contributed by atoms with E-state index in [1.165, 1.54) is 24.3 Å². The second-order valence-corrected chi connectivity index (χ2v) is 8.55. The number of rotatable bonds is 6. The summed E-state index contributed by atoms with van der Waals surface area (Å²) in [6, 6.07) is 12.6. The molecule has 1 aliphatic rings. The van der Waals surface area contributed by atoms with Crippen LogP contribution < -0.4 is 10.1 Å². The normalized spacial score (nSPS) is 14.0. The summed E-state index contributed by atoms with van der Waals surface area (Å²) in [5.41, 5.74) is 1.07. The number of halogens is 1. The van der Waals surface area contributed by atoms with Crippen molar-refractivity contribution in [3.63, 3.8) is 0 Å². The van der Waals surface area contributed by atoms with Gasteiger partial charge >= 0.3 is 0 Å². The van der Waals surface area contributed by atoms with E-state index in [1.54, 1.807) is 24.3 Å². The molecule has 1 fully saturated rings. The van der Waals surface area contributed by atoms with Gasteiger partial charge in [-0.15, -0.1) is 10.2 Å². The van der Waals surface area contributed by atoms with Crippen molar-refractivity contribution in [2.75, 3.05) is 18.4 Å². The van der Waals surface area contributed by atoms with E-state index >= 15 is 0 Å². The molecule has 0 bridgehead atoms. The Hall–Kier alpha value is -3.33. The molecule has 7 nitrogen and oxygen atoms in total. The highest BCUT2D eigenvalue weighted by molar-refractivity contribution is 7.13. The van der Waals surface area contributed by atoms with Crippen molar-refractivity contribution in [2.45, 2.75) is 32.3 Å². The summed E-state index contributed by atoms with van der Waals surface area (Å²) < 4.78 is 18.5. The van der Waals surface area contributed by atoms with Gasteiger partial charge in [0.25, 0.3) is 11.8 Å². The smallest absolute Gasteiger partial charge is 0.286 e. The van der Waals surface area contributed by atoms with Crippen molar-refractivity contribution in [1.29, 1.82) is 0 Å². The average molecular weight is 455 g/mol. The lowest BCUT2D eigenvalue weighted by Crippen LogP contribution is -2.31. The van der Waals surface area contributed by atoms with Gasteiger partial charge in [-0.3, -0.25) is 9.59 Å². The van der Waals surface area contributed by atoms with Crippen molar-refractivity contribution in [3.05, 3.63) is 69.9 Å². The summed E-state index contributed by atoms with van der Waals surface area (Å²) in [5.74, 6) is -0.267. The van der Waals surface area contributed by atoms with Crippen molar-refractivity contribution in [3.8, 4) is 5.75 Å². The van der Waals surface area contributed by atoms with Gasteiger partial charge in [0.2, 0.25) is 5.01 Å². The lowest BCUT2D eigenvalue weighted by atomic mass is 10.1. The molecule has 0 atom stereocenters. The average Bonchev–Trinajstić information content (AvgIpc) is 3.12. The first-order valence-electron chi connectivity index (χ1n) is 10.5. The highest BCUT2D eigenvalue weighted by atomic mass is 32.1. The molecule has 0 radical (unpaired) electrons. The third kappa shape index (κ3) is 5.67. The Labute approximate surface area is 189 Å². The Morgan fingerprint density at radius 3 is 2.53 bits per heavy atom. The highest BCUT2D eigenvalue weighted by Crippen LogP contribution is 2.19. The third-order valence-corrected chi connectivity index (χ3v) is 5.99. The Balaban J connectivity index is 1.36. The summed E-state index contributed by atoms with van der Waals surface area (Å²) in [5, 5.41) is 11.4. The molecule has 1 aromatic heterocycles. The third-order valence-electron chi connectivity index (χ3n) is 5.10. The molecule has 32 heavy (non-hydrogen) atoms. The SMILES string of the molecule is O=C(Nc1cccc(C(=O)N2CCCCCC2)c1)c1nnc(COc2ccc(F)cc2)s1. The number of anilines is 1. The molecule has 4 rings (SSSR count). The van der Waals surface area contributed by atoms with Crippen molar-refractivity contribution < 1.29 is 18.7 Å². The molecule has 2 heterocycles. The van der Waals surface area contributed by atoms with Crippen LogP contribution in [0.15, 0.2) is 48.5 Å². The first-order chi connectivity index (χ1) is 15.6. The molecule has 0 saturated carbocycles. The van der Waals surface area contributed by atoms with E-state index in [-0.39, 0.29) is 23.3 Å². The fraction of sp³-hybridized carbons (Fsp3) is 0.304. The lowest BCUT2D eigenvalue weighted by molar-refractivity contribution is 0.0761. The number of benzene rings is 2. The number of carbonyl (C=O) groups excluding carboxylic acids is 2.